The van der Waals surface area contributed by atoms with Gasteiger partial charge < -0.3 is 4.74 Å². The minimum atomic E-state index is -3.93. The van der Waals surface area contributed by atoms with Gasteiger partial charge in [0.1, 0.15) is 10.6 Å². The van der Waals surface area contributed by atoms with Gasteiger partial charge in [0.15, 0.2) is 0 Å². The van der Waals surface area contributed by atoms with Crippen LogP contribution in [0.4, 0.5) is 0 Å². The summed E-state index contributed by atoms with van der Waals surface area (Å²) in [7, 11) is -2.41. The van der Waals surface area contributed by atoms with E-state index in [-0.39, 0.29) is 4.90 Å². The molecule has 7 heteroatoms. The molecule has 0 bridgehead atoms. The third-order valence-corrected chi connectivity index (χ3v) is 4.31. The fraction of sp³-hybridized carbons (Fsp3) is 0.125. The van der Waals surface area contributed by atoms with E-state index in [9.17, 15) is 13.2 Å². The Morgan fingerprint density at radius 2 is 2.09 bits per heavy atom. The third kappa shape index (κ3) is 4.40. The molecule has 0 atom stereocenters. The number of sulfonamides is 1. The van der Waals surface area contributed by atoms with Gasteiger partial charge in [0.25, 0.3) is 15.9 Å². The van der Waals surface area contributed by atoms with Crippen LogP contribution in [0.1, 0.15) is 11.1 Å². The Kier molecular flexibility index (Phi) is 5.13. The Balaban J connectivity index is 2.15. The van der Waals surface area contributed by atoms with E-state index in [0.717, 1.165) is 11.6 Å². The summed E-state index contributed by atoms with van der Waals surface area (Å²) in [6.45, 7) is 1.91. The molecule has 2 aromatic rings. The van der Waals surface area contributed by atoms with Crippen molar-refractivity contribution in [3.63, 3.8) is 0 Å². The SMILES string of the molecule is COc1ccc(C)cc1C=CC(=O)NS(=O)(=O)c1cccnc1. The third-order valence-electron chi connectivity index (χ3n) is 2.98. The number of pyridine rings is 1. The van der Waals surface area contributed by atoms with Gasteiger partial charge in [0.05, 0.1) is 7.11 Å². The number of methoxy groups -OCH3 is 1. The fourth-order valence-corrected chi connectivity index (χ4v) is 2.79. The standard InChI is InChI=1S/C16H16N2O4S/c1-12-5-7-15(22-2)13(10-12)6-8-16(19)18-23(20,21)14-4-3-9-17-11-14/h3-11H,1-2H3,(H,18,19). The molecule has 1 aromatic carbocycles. The molecule has 23 heavy (non-hydrogen) atoms. The zero-order chi connectivity index (χ0) is 16.9. The van der Waals surface area contributed by atoms with E-state index in [1.54, 1.807) is 6.07 Å². The summed E-state index contributed by atoms with van der Waals surface area (Å²) in [5.41, 5.74) is 1.68. The lowest BCUT2D eigenvalue weighted by Gasteiger charge is -2.06. The van der Waals surface area contributed by atoms with Crippen molar-refractivity contribution in [1.82, 2.24) is 9.71 Å². The van der Waals surface area contributed by atoms with Crippen molar-refractivity contribution in [3.05, 3.63) is 59.9 Å². The second kappa shape index (κ2) is 7.06. The molecule has 0 saturated carbocycles. The topological polar surface area (TPSA) is 85.4 Å². The van der Waals surface area contributed by atoms with Crippen LogP contribution in [-0.4, -0.2) is 26.4 Å². The second-order valence-electron chi connectivity index (χ2n) is 4.74. The van der Waals surface area contributed by atoms with Gasteiger partial charge in [0, 0.05) is 24.0 Å². The Morgan fingerprint density at radius 1 is 1.30 bits per heavy atom. The Bertz CT molecular complexity index is 830. The van der Waals surface area contributed by atoms with Crippen molar-refractivity contribution in [2.75, 3.05) is 7.11 Å². The summed E-state index contributed by atoms with van der Waals surface area (Å²) in [5.74, 6) is -0.160. The van der Waals surface area contributed by atoms with Crippen LogP contribution in [0.25, 0.3) is 6.08 Å². The lowest BCUT2D eigenvalue weighted by atomic mass is 10.1. The summed E-state index contributed by atoms with van der Waals surface area (Å²) in [6.07, 6.45) is 5.26. The molecular weight excluding hydrogens is 316 g/mol. The van der Waals surface area contributed by atoms with E-state index >= 15 is 0 Å². The van der Waals surface area contributed by atoms with Crippen LogP contribution in [0.5, 0.6) is 5.75 Å². The number of amides is 1. The van der Waals surface area contributed by atoms with E-state index in [2.05, 4.69) is 4.98 Å². The predicted molar refractivity (Wildman–Crippen MR) is 86.3 cm³/mol. The first-order valence-corrected chi connectivity index (χ1v) is 8.20. The number of nitrogens with zero attached hydrogens (tertiary/aromatic N) is 1. The molecule has 1 heterocycles. The van der Waals surface area contributed by atoms with E-state index in [1.807, 2.05) is 23.8 Å². The molecule has 0 saturated heterocycles. The summed E-state index contributed by atoms with van der Waals surface area (Å²) in [6, 6.07) is 8.32. The summed E-state index contributed by atoms with van der Waals surface area (Å²) in [4.78, 5) is 15.5. The number of hydrogen-bond acceptors (Lipinski definition) is 5. The van der Waals surface area contributed by atoms with Gasteiger partial charge in [0.2, 0.25) is 0 Å². The van der Waals surface area contributed by atoms with Gasteiger partial charge in [-0.1, -0.05) is 11.6 Å². The number of carbonyl (C=O) groups excluding carboxylic acids is 1. The molecular formula is C16H16N2O4S. The number of aromatic nitrogens is 1. The molecule has 2 rings (SSSR count). The average Bonchev–Trinajstić information content (AvgIpc) is 2.53. The predicted octanol–water partition coefficient (Wildman–Crippen LogP) is 1.92. The molecule has 1 amide bonds. The van der Waals surface area contributed by atoms with E-state index in [1.165, 1.54) is 37.7 Å². The summed E-state index contributed by atoms with van der Waals surface area (Å²) < 4.78 is 31.2. The van der Waals surface area contributed by atoms with Crippen molar-refractivity contribution in [3.8, 4) is 5.75 Å². The number of aryl methyl sites for hydroxylation is 1. The molecule has 1 N–H and O–H groups in total. The highest BCUT2D eigenvalue weighted by Crippen LogP contribution is 2.20. The van der Waals surface area contributed by atoms with Gasteiger partial charge in [-0.3, -0.25) is 9.78 Å². The Hall–Kier alpha value is -2.67. The highest BCUT2D eigenvalue weighted by atomic mass is 32.2. The van der Waals surface area contributed by atoms with Crippen molar-refractivity contribution >= 4 is 22.0 Å². The first-order valence-electron chi connectivity index (χ1n) is 6.72. The van der Waals surface area contributed by atoms with Crippen LogP contribution in [0.2, 0.25) is 0 Å². The number of ether oxygens (including phenoxy) is 1. The molecule has 0 unspecified atom stereocenters. The zero-order valence-corrected chi connectivity index (χ0v) is 13.5. The van der Waals surface area contributed by atoms with Crippen molar-refractivity contribution in [1.29, 1.82) is 0 Å². The Labute approximate surface area is 134 Å². The molecule has 1 aromatic heterocycles. The van der Waals surface area contributed by atoms with Gasteiger partial charge >= 0.3 is 0 Å². The number of carbonyl (C=O) groups is 1. The van der Waals surface area contributed by atoms with Gasteiger partial charge in [-0.05, 0) is 37.3 Å². The lowest BCUT2D eigenvalue weighted by Crippen LogP contribution is -2.29. The fourth-order valence-electron chi connectivity index (χ4n) is 1.88. The maximum Gasteiger partial charge on any atom is 0.265 e. The van der Waals surface area contributed by atoms with E-state index < -0.39 is 15.9 Å². The normalized spacial score (nSPS) is 11.4. The highest BCUT2D eigenvalue weighted by Gasteiger charge is 2.16. The minimum Gasteiger partial charge on any atom is -0.496 e. The molecule has 0 fully saturated rings. The van der Waals surface area contributed by atoms with Crippen molar-refractivity contribution in [2.24, 2.45) is 0 Å². The van der Waals surface area contributed by atoms with Crippen LogP contribution in [-0.2, 0) is 14.8 Å². The smallest absolute Gasteiger partial charge is 0.265 e. The molecule has 0 aliphatic heterocycles. The van der Waals surface area contributed by atoms with Gasteiger partial charge in [-0.25, -0.2) is 13.1 Å². The number of rotatable bonds is 5. The first kappa shape index (κ1) is 16.7. The molecule has 0 radical (unpaired) electrons. The molecule has 6 nitrogen and oxygen atoms in total. The average molecular weight is 332 g/mol. The summed E-state index contributed by atoms with van der Waals surface area (Å²) >= 11 is 0. The largest absolute Gasteiger partial charge is 0.496 e. The van der Waals surface area contributed by atoms with E-state index in [4.69, 9.17) is 4.74 Å². The van der Waals surface area contributed by atoms with Crippen LogP contribution in [0, 0.1) is 6.92 Å². The Morgan fingerprint density at radius 3 is 2.74 bits per heavy atom. The zero-order valence-electron chi connectivity index (χ0n) is 12.7. The molecule has 0 spiro atoms. The van der Waals surface area contributed by atoms with Gasteiger partial charge in [-0.15, -0.1) is 0 Å². The molecule has 0 aliphatic carbocycles. The first-order chi connectivity index (χ1) is 10.9. The van der Waals surface area contributed by atoms with Gasteiger partial charge in [-0.2, -0.15) is 0 Å². The number of benzene rings is 1. The quantitative estimate of drug-likeness (QED) is 0.846. The maximum absolute atomic E-state index is 12.0. The number of nitrogens with one attached hydrogen (secondary N) is 1. The lowest BCUT2D eigenvalue weighted by molar-refractivity contribution is -0.114. The van der Waals surface area contributed by atoms with Crippen LogP contribution >= 0.6 is 0 Å². The summed E-state index contributed by atoms with van der Waals surface area (Å²) in [5, 5.41) is 0. The molecule has 120 valence electrons. The van der Waals surface area contributed by atoms with Crippen LogP contribution < -0.4 is 9.46 Å². The van der Waals surface area contributed by atoms with Crippen LogP contribution in [0.3, 0.4) is 0 Å². The molecule has 0 aliphatic rings. The van der Waals surface area contributed by atoms with Crippen LogP contribution in [0.15, 0.2) is 53.7 Å². The monoisotopic (exact) mass is 332 g/mol. The van der Waals surface area contributed by atoms with Crippen molar-refractivity contribution < 1.29 is 17.9 Å². The highest BCUT2D eigenvalue weighted by molar-refractivity contribution is 7.90. The second-order valence-corrected chi connectivity index (χ2v) is 6.42. The minimum absolute atomic E-state index is 0.0742. The number of hydrogen-bond donors (Lipinski definition) is 1. The maximum atomic E-state index is 12.0. The van der Waals surface area contributed by atoms with Crippen molar-refractivity contribution in [2.45, 2.75) is 11.8 Å². The van der Waals surface area contributed by atoms with E-state index in [0.29, 0.717) is 11.3 Å².